The van der Waals surface area contributed by atoms with E-state index in [9.17, 15) is 14.0 Å². The molecular weight excluding hydrogens is 217 g/mol. The number of halogens is 1. The SMILES string of the molecule is CNc1cc(OC=O)cc(F)c1C(=O)OC. The highest BCUT2D eigenvalue weighted by Crippen LogP contribution is 2.26. The number of rotatable bonds is 4. The summed E-state index contributed by atoms with van der Waals surface area (Å²) in [6, 6.07) is 2.26. The van der Waals surface area contributed by atoms with Gasteiger partial charge in [0.2, 0.25) is 0 Å². The van der Waals surface area contributed by atoms with Gasteiger partial charge in [0.05, 0.1) is 12.8 Å². The van der Waals surface area contributed by atoms with Gasteiger partial charge in [-0.05, 0) is 0 Å². The number of hydrogen-bond acceptors (Lipinski definition) is 5. The van der Waals surface area contributed by atoms with Crippen LogP contribution < -0.4 is 10.1 Å². The fraction of sp³-hybridized carbons (Fsp3) is 0.200. The number of anilines is 1. The summed E-state index contributed by atoms with van der Waals surface area (Å²) in [5.41, 5.74) is -0.0491. The lowest BCUT2D eigenvalue weighted by Crippen LogP contribution is -2.09. The lowest BCUT2D eigenvalue weighted by molar-refractivity contribution is -0.120. The highest BCUT2D eigenvalue weighted by molar-refractivity contribution is 5.96. The summed E-state index contributed by atoms with van der Waals surface area (Å²) >= 11 is 0. The molecule has 16 heavy (non-hydrogen) atoms. The van der Waals surface area contributed by atoms with Gasteiger partial charge in [-0.3, -0.25) is 4.79 Å². The number of hydrogen-bond donors (Lipinski definition) is 1. The van der Waals surface area contributed by atoms with Gasteiger partial charge < -0.3 is 14.8 Å². The molecule has 0 amide bonds. The Morgan fingerprint density at radius 3 is 2.69 bits per heavy atom. The summed E-state index contributed by atoms with van der Waals surface area (Å²) in [4.78, 5) is 21.4. The molecule has 86 valence electrons. The first kappa shape index (κ1) is 12.0. The zero-order chi connectivity index (χ0) is 12.1. The third-order valence-corrected chi connectivity index (χ3v) is 1.91. The first-order chi connectivity index (χ1) is 7.63. The molecule has 0 aliphatic heterocycles. The number of nitrogens with one attached hydrogen (secondary N) is 1. The number of carbonyl (C=O) groups is 2. The first-order valence-electron chi connectivity index (χ1n) is 4.34. The molecule has 6 heteroatoms. The molecule has 0 unspecified atom stereocenters. The van der Waals surface area contributed by atoms with Crippen molar-refractivity contribution in [2.75, 3.05) is 19.5 Å². The van der Waals surface area contributed by atoms with Crippen molar-refractivity contribution < 1.29 is 23.5 Å². The largest absolute Gasteiger partial charge is 0.465 e. The smallest absolute Gasteiger partial charge is 0.342 e. The van der Waals surface area contributed by atoms with Crippen LogP contribution in [0.5, 0.6) is 5.75 Å². The summed E-state index contributed by atoms with van der Waals surface area (Å²) < 4.78 is 22.4. The Hall–Kier alpha value is -2.11. The second-order valence-corrected chi connectivity index (χ2v) is 2.78. The number of esters is 1. The summed E-state index contributed by atoms with van der Waals surface area (Å²) in [5.74, 6) is -1.63. The molecular formula is C10H10FNO4. The van der Waals surface area contributed by atoms with Crippen molar-refractivity contribution in [3.8, 4) is 5.75 Å². The van der Waals surface area contributed by atoms with Crippen LogP contribution in [0.1, 0.15) is 10.4 Å². The Kier molecular flexibility index (Phi) is 3.82. The van der Waals surface area contributed by atoms with Crippen molar-refractivity contribution in [2.24, 2.45) is 0 Å². The normalized spacial score (nSPS) is 9.44. The van der Waals surface area contributed by atoms with Crippen LogP contribution in [0.25, 0.3) is 0 Å². The van der Waals surface area contributed by atoms with Gasteiger partial charge in [0.1, 0.15) is 17.1 Å². The maximum atomic E-state index is 13.5. The summed E-state index contributed by atoms with van der Waals surface area (Å²) in [6.07, 6.45) is 0. The van der Waals surface area contributed by atoms with Gasteiger partial charge in [-0.25, -0.2) is 9.18 Å². The lowest BCUT2D eigenvalue weighted by atomic mass is 10.1. The predicted octanol–water partition coefficient (Wildman–Crippen LogP) is 1.19. The van der Waals surface area contributed by atoms with E-state index in [1.807, 2.05) is 0 Å². The molecule has 0 saturated carbocycles. The van der Waals surface area contributed by atoms with Crippen LogP contribution in [0.15, 0.2) is 12.1 Å². The topological polar surface area (TPSA) is 64.6 Å². The Bertz CT molecular complexity index is 420. The van der Waals surface area contributed by atoms with Crippen LogP contribution in [0, 0.1) is 5.82 Å². The number of carbonyl (C=O) groups excluding carboxylic acids is 2. The van der Waals surface area contributed by atoms with Gasteiger partial charge in [-0.15, -0.1) is 0 Å². The molecule has 0 bridgehead atoms. The average molecular weight is 227 g/mol. The molecule has 1 aromatic carbocycles. The van der Waals surface area contributed by atoms with E-state index in [1.165, 1.54) is 13.1 Å². The van der Waals surface area contributed by atoms with Gasteiger partial charge in [0, 0.05) is 19.2 Å². The van der Waals surface area contributed by atoms with E-state index >= 15 is 0 Å². The molecule has 0 saturated heterocycles. The molecule has 0 spiro atoms. The van der Waals surface area contributed by atoms with Crippen LogP contribution in [-0.2, 0) is 9.53 Å². The summed E-state index contributed by atoms with van der Waals surface area (Å²) in [5, 5.41) is 2.61. The minimum absolute atomic E-state index is 0.00417. The quantitative estimate of drug-likeness (QED) is 0.618. The Morgan fingerprint density at radius 1 is 1.50 bits per heavy atom. The zero-order valence-electron chi connectivity index (χ0n) is 8.74. The van der Waals surface area contributed by atoms with Crippen LogP contribution in [0.4, 0.5) is 10.1 Å². The van der Waals surface area contributed by atoms with Crippen LogP contribution in [0.2, 0.25) is 0 Å². The van der Waals surface area contributed by atoms with E-state index in [1.54, 1.807) is 0 Å². The molecule has 0 heterocycles. The third kappa shape index (κ3) is 2.28. The minimum atomic E-state index is -0.824. The lowest BCUT2D eigenvalue weighted by Gasteiger charge is -2.09. The standard InChI is InChI=1S/C10H10FNO4/c1-12-8-4-6(16-5-13)3-7(11)9(8)10(14)15-2/h3-5,12H,1-2H3. The number of benzene rings is 1. The molecule has 5 nitrogen and oxygen atoms in total. The monoisotopic (exact) mass is 227 g/mol. The van der Waals surface area contributed by atoms with E-state index < -0.39 is 11.8 Å². The van der Waals surface area contributed by atoms with Crippen LogP contribution >= 0.6 is 0 Å². The third-order valence-electron chi connectivity index (χ3n) is 1.91. The van der Waals surface area contributed by atoms with E-state index in [0.717, 1.165) is 13.2 Å². The van der Waals surface area contributed by atoms with Crippen LogP contribution in [-0.4, -0.2) is 26.6 Å². The van der Waals surface area contributed by atoms with E-state index in [2.05, 4.69) is 14.8 Å². The van der Waals surface area contributed by atoms with Crippen molar-refractivity contribution in [2.45, 2.75) is 0 Å². The van der Waals surface area contributed by atoms with Crippen molar-refractivity contribution in [3.63, 3.8) is 0 Å². The molecule has 0 aliphatic rings. The molecule has 0 radical (unpaired) electrons. The van der Waals surface area contributed by atoms with E-state index in [4.69, 9.17) is 0 Å². The van der Waals surface area contributed by atoms with Gasteiger partial charge >= 0.3 is 5.97 Å². The molecule has 0 atom stereocenters. The Balaban J connectivity index is 3.27. The van der Waals surface area contributed by atoms with Gasteiger partial charge in [0.15, 0.2) is 0 Å². The molecule has 0 aliphatic carbocycles. The van der Waals surface area contributed by atoms with Gasteiger partial charge in [-0.2, -0.15) is 0 Å². The van der Waals surface area contributed by atoms with E-state index in [-0.39, 0.29) is 23.5 Å². The van der Waals surface area contributed by atoms with Crippen molar-refractivity contribution in [3.05, 3.63) is 23.5 Å². The summed E-state index contributed by atoms with van der Waals surface area (Å²) in [7, 11) is 2.66. The number of ether oxygens (including phenoxy) is 2. The predicted molar refractivity (Wildman–Crippen MR) is 54.0 cm³/mol. The molecule has 1 rings (SSSR count). The van der Waals surface area contributed by atoms with Crippen molar-refractivity contribution >= 4 is 18.1 Å². The fourth-order valence-electron chi connectivity index (χ4n) is 1.21. The van der Waals surface area contributed by atoms with E-state index in [0.29, 0.717) is 0 Å². The fourth-order valence-corrected chi connectivity index (χ4v) is 1.21. The zero-order valence-corrected chi connectivity index (χ0v) is 8.74. The molecule has 0 fully saturated rings. The van der Waals surface area contributed by atoms with Crippen molar-refractivity contribution in [1.82, 2.24) is 0 Å². The van der Waals surface area contributed by atoms with Gasteiger partial charge in [0.25, 0.3) is 6.47 Å². The maximum absolute atomic E-state index is 13.5. The second kappa shape index (κ2) is 5.11. The molecule has 1 N–H and O–H groups in total. The maximum Gasteiger partial charge on any atom is 0.342 e. The molecule has 1 aromatic rings. The van der Waals surface area contributed by atoms with Crippen molar-refractivity contribution in [1.29, 1.82) is 0 Å². The Labute approximate surface area is 91.2 Å². The number of methoxy groups -OCH3 is 1. The van der Waals surface area contributed by atoms with Crippen LogP contribution in [0.3, 0.4) is 0 Å². The highest BCUT2D eigenvalue weighted by atomic mass is 19.1. The minimum Gasteiger partial charge on any atom is -0.465 e. The highest BCUT2D eigenvalue weighted by Gasteiger charge is 2.18. The van der Waals surface area contributed by atoms with Gasteiger partial charge in [-0.1, -0.05) is 0 Å². The summed E-state index contributed by atoms with van der Waals surface area (Å²) in [6.45, 7) is 0.173. The second-order valence-electron chi connectivity index (χ2n) is 2.78. The average Bonchev–Trinajstić information content (AvgIpc) is 2.27. The Morgan fingerprint density at radius 2 is 2.19 bits per heavy atom. The molecule has 0 aromatic heterocycles. The first-order valence-corrected chi connectivity index (χ1v) is 4.34.